The highest BCUT2D eigenvalue weighted by Crippen LogP contribution is 2.44. The number of carboxylic acid groups (broad SMARTS) is 1. The van der Waals surface area contributed by atoms with E-state index in [0.717, 1.165) is 22.3 Å². The Balaban J connectivity index is 1.61. The summed E-state index contributed by atoms with van der Waals surface area (Å²) in [4.78, 5) is 37.7. The zero-order chi connectivity index (χ0) is 23.5. The Bertz CT molecular complexity index is 969. The third-order valence-electron chi connectivity index (χ3n) is 5.79. The summed E-state index contributed by atoms with van der Waals surface area (Å²) in [7, 11) is 0. The van der Waals surface area contributed by atoms with E-state index in [1.165, 1.54) is 4.90 Å². The average molecular weight is 439 g/mol. The number of fused-ring (bicyclic) bond motifs is 3. The number of carboxylic acids is 1. The molecule has 32 heavy (non-hydrogen) atoms. The van der Waals surface area contributed by atoms with E-state index in [4.69, 9.17) is 9.84 Å². The van der Waals surface area contributed by atoms with Crippen LogP contribution in [0.3, 0.4) is 0 Å². The molecule has 7 nitrogen and oxygen atoms in total. The lowest BCUT2D eigenvalue weighted by atomic mass is 9.91. The standard InChI is InChI=1S/C25H30N2O5/c1-16(2)27(13-22(28)29)23(30)25(3,4)15-26-24(31)32-14-21-19-11-7-5-9-17(19)18-10-6-8-12-20(18)21/h5-12,16,21H,13-15H2,1-4H3,(H,26,31)(H,28,29). The maximum Gasteiger partial charge on any atom is 0.407 e. The van der Waals surface area contributed by atoms with Crippen molar-refractivity contribution >= 4 is 18.0 Å². The number of alkyl carbamates (subject to hydrolysis) is 1. The highest BCUT2D eigenvalue weighted by Gasteiger charge is 2.35. The monoisotopic (exact) mass is 438 g/mol. The minimum absolute atomic E-state index is 0.0331. The van der Waals surface area contributed by atoms with Crippen molar-refractivity contribution in [2.75, 3.05) is 19.7 Å². The van der Waals surface area contributed by atoms with Gasteiger partial charge in [0, 0.05) is 18.5 Å². The maximum atomic E-state index is 12.9. The highest BCUT2D eigenvalue weighted by atomic mass is 16.5. The van der Waals surface area contributed by atoms with Gasteiger partial charge in [0.1, 0.15) is 13.2 Å². The Morgan fingerprint density at radius 3 is 2.06 bits per heavy atom. The number of aliphatic carboxylic acids is 1. The second-order valence-electron chi connectivity index (χ2n) is 8.98. The van der Waals surface area contributed by atoms with Crippen LogP contribution >= 0.6 is 0 Å². The number of benzene rings is 2. The Labute approximate surface area is 188 Å². The van der Waals surface area contributed by atoms with Crippen molar-refractivity contribution in [1.29, 1.82) is 0 Å². The molecule has 0 saturated heterocycles. The van der Waals surface area contributed by atoms with E-state index in [9.17, 15) is 14.4 Å². The smallest absolute Gasteiger partial charge is 0.407 e. The number of nitrogens with one attached hydrogen (secondary N) is 1. The van der Waals surface area contributed by atoms with Gasteiger partial charge in [-0.1, -0.05) is 48.5 Å². The van der Waals surface area contributed by atoms with E-state index in [1.807, 2.05) is 36.4 Å². The van der Waals surface area contributed by atoms with Gasteiger partial charge in [0.2, 0.25) is 5.91 Å². The Hall–Kier alpha value is -3.35. The second-order valence-corrected chi connectivity index (χ2v) is 8.98. The molecule has 2 aromatic carbocycles. The Kier molecular flexibility index (Phi) is 6.87. The predicted octanol–water partition coefficient (Wildman–Crippen LogP) is 3.87. The zero-order valence-electron chi connectivity index (χ0n) is 18.9. The molecule has 2 aromatic rings. The van der Waals surface area contributed by atoms with Gasteiger partial charge in [-0.05, 0) is 49.9 Å². The molecule has 0 unspecified atom stereocenters. The Morgan fingerprint density at radius 2 is 1.56 bits per heavy atom. The van der Waals surface area contributed by atoms with Crippen LogP contribution in [0.1, 0.15) is 44.7 Å². The normalized spacial score (nSPS) is 12.8. The molecule has 1 aliphatic rings. The summed E-state index contributed by atoms with van der Waals surface area (Å²) < 4.78 is 5.52. The average Bonchev–Trinajstić information content (AvgIpc) is 3.07. The first-order chi connectivity index (χ1) is 15.1. The van der Waals surface area contributed by atoms with E-state index in [-0.39, 0.29) is 37.6 Å². The van der Waals surface area contributed by atoms with E-state index < -0.39 is 17.5 Å². The molecule has 2 N–H and O–H groups in total. The first-order valence-corrected chi connectivity index (χ1v) is 10.7. The molecule has 0 atom stereocenters. The molecule has 0 saturated carbocycles. The number of ether oxygens (including phenoxy) is 1. The number of amides is 2. The van der Waals surface area contributed by atoms with Crippen molar-refractivity contribution in [3.8, 4) is 11.1 Å². The van der Waals surface area contributed by atoms with Gasteiger partial charge in [-0.3, -0.25) is 9.59 Å². The van der Waals surface area contributed by atoms with Crippen LogP contribution in [0.15, 0.2) is 48.5 Å². The number of hydrogen-bond acceptors (Lipinski definition) is 4. The van der Waals surface area contributed by atoms with Crippen molar-refractivity contribution in [3.05, 3.63) is 59.7 Å². The lowest BCUT2D eigenvalue weighted by Gasteiger charge is -2.33. The topological polar surface area (TPSA) is 95.9 Å². The quantitative estimate of drug-likeness (QED) is 0.652. The number of carbonyl (C=O) groups excluding carboxylic acids is 2. The molecule has 2 amide bonds. The van der Waals surface area contributed by atoms with Crippen molar-refractivity contribution in [2.24, 2.45) is 5.41 Å². The van der Waals surface area contributed by atoms with Crippen LogP contribution in [0, 0.1) is 5.41 Å². The number of hydrogen-bond donors (Lipinski definition) is 2. The molecule has 170 valence electrons. The second kappa shape index (κ2) is 9.42. The van der Waals surface area contributed by atoms with Crippen LogP contribution in [0.25, 0.3) is 11.1 Å². The van der Waals surface area contributed by atoms with Crippen molar-refractivity contribution in [3.63, 3.8) is 0 Å². The summed E-state index contributed by atoms with van der Waals surface area (Å²) in [6.07, 6.45) is -0.609. The van der Waals surface area contributed by atoms with Gasteiger partial charge in [0.25, 0.3) is 0 Å². The molecule has 0 aromatic heterocycles. The van der Waals surface area contributed by atoms with Gasteiger partial charge in [-0.15, -0.1) is 0 Å². The van der Waals surface area contributed by atoms with Gasteiger partial charge >= 0.3 is 12.1 Å². The fourth-order valence-electron chi connectivity index (χ4n) is 4.04. The summed E-state index contributed by atoms with van der Waals surface area (Å²) >= 11 is 0. The largest absolute Gasteiger partial charge is 0.480 e. The van der Waals surface area contributed by atoms with Crippen molar-refractivity contribution in [1.82, 2.24) is 10.2 Å². The third kappa shape index (κ3) is 4.93. The van der Waals surface area contributed by atoms with Gasteiger partial charge in [-0.25, -0.2) is 4.79 Å². The molecule has 0 spiro atoms. The summed E-state index contributed by atoms with van der Waals surface area (Å²) in [5, 5.41) is 11.8. The summed E-state index contributed by atoms with van der Waals surface area (Å²) in [5.74, 6) is -1.46. The summed E-state index contributed by atoms with van der Waals surface area (Å²) in [5.41, 5.74) is 3.56. The molecule has 0 aliphatic heterocycles. The first kappa shape index (κ1) is 23.3. The van der Waals surface area contributed by atoms with Crippen LogP contribution < -0.4 is 5.32 Å². The highest BCUT2D eigenvalue weighted by molar-refractivity contribution is 5.86. The van der Waals surface area contributed by atoms with Crippen molar-refractivity contribution < 1.29 is 24.2 Å². The Morgan fingerprint density at radius 1 is 1.03 bits per heavy atom. The van der Waals surface area contributed by atoms with Crippen LogP contribution in [-0.2, 0) is 14.3 Å². The lowest BCUT2D eigenvalue weighted by molar-refractivity contribution is -0.150. The minimum atomic E-state index is -1.08. The number of carbonyl (C=O) groups is 3. The van der Waals surface area contributed by atoms with Gasteiger partial charge < -0.3 is 20.1 Å². The summed E-state index contributed by atoms with van der Waals surface area (Å²) in [6, 6.07) is 15.9. The maximum absolute atomic E-state index is 12.9. The fourth-order valence-corrected chi connectivity index (χ4v) is 4.04. The molecular weight excluding hydrogens is 408 g/mol. The van der Waals surface area contributed by atoms with Crippen LogP contribution in [0.5, 0.6) is 0 Å². The SMILES string of the molecule is CC(C)N(CC(=O)O)C(=O)C(C)(C)CNC(=O)OCC1c2ccccc2-c2ccccc21. The molecule has 1 aliphatic carbocycles. The number of nitrogens with zero attached hydrogens (tertiary/aromatic N) is 1. The van der Waals surface area contributed by atoms with E-state index >= 15 is 0 Å². The molecule has 0 bridgehead atoms. The molecule has 3 rings (SSSR count). The first-order valence-electron chi connectivity index (χ1n) is 10.7. The molecule has 0 fully saturated rings. The molecule has 7 heteroatoms. The molecule has 0 heterocycles. The minimum Gasteiger partial charge on any atom is -0.480 e. The van der Waals surface area contributed by atoms with Crippen molar-refractivity contribution in [2.45, 2.75) is 39.7 Å². The predicted molar refractivity (Wildman–Crippen MR) is 121 cm³/mol. The molecule has 0 radical (unpaired) electrons. The van der Waals surface area contributed by atoms with Gasteiger partial charge in [0.05, 0.1) is 5.41 Å². The van der Waals surface area contributed by atoms with E-state index in [1.54, 1.807) is 27.7 Å². The van der Waals surface area contributed by atoms with Crippen LogP contribution in [-0.4, -0.2) is 53.7 Å². The van der Waals surface area contributed by atoms with Gasteiger partial charge in [-0.2, -0.15) is 0 Å². The molecular formula is C25H30N2O5. The fraction of sp³-hybridized carbons (Fsp3) is 0.400. The van der Waals surface area contributed by atoms with Crippen LogP contribution in [0.4, 0.5) is 4.79 Å². The third-order valence-corrected chi connectivity index (χ3v) is 5.79. The number of rotatable bonds is 8. The van der Waals surface area contributed by atoms with Gasteiger partial charge in [0.15, 0.2) is 0 Å². The zero-order valence-corrected chi connectivity index (χ0v) is 18.9. The summed E-state index contributed by atoms with van der Waals surface area (Å²) in [6.45, 7) is 6.71. The lowest BCUT2D eigenvalue weighted by Crippen LogP contribution is -2.51. The van der Waals surface area contributed by atoms with E-state index in [0.29, 0.717) is 0 Å². The van der Waals surface area contributed by atoms with E-state index in [2.05, 4.69) is 17.4 Å². The van der Waals surface area contributed by atoms with Crippen LogP contribution in [0.2, 0.25) is 0 Å².